The number of amides is 1. The van der Waals surface area contributed by atoms with Crippen LogP contribution in [-0.2, 0) is 4.79 Å². The number of rotatable bonds is 6. The van der Waals surface area contributed by atoms with Gasteiger partial charge in [0.25, 0.3) is 5.91 Å². The maximum Gasteiger partial charge on any atom is 0.305 e. The van der Waals surface area contributed by atoms with Crippen LogP contribution >= 0.6 is 0 Å². The molecule has 21 heavy (non-hydrogen) atoms. The normalized spacial score (nSPS) is 13.6. The number of carboxylic acid groups (broad SMARTS) is 1. The van der Waals surface area contributed by atoms with Gasteiger partial charge in [0.2, 0.25) is 0 Å². The summed E-state index contributed by atoms with van der Waals surface area (Å²) in [6.45, 7) is 5.29. The topological polar surface area (TPSA) is 75.6 Å². The van der Waals surface area contributed by atoms with Crippen molar-refractivity contribution in [3.8, 4) is 5.75 Å². The molecule has 0 bridgehead atoms. The molecule has 0 heterocycles. The van der Waals surface area contributed by atoms with E-state index in [1.165, 1.54) is 19.2 Å². The van der Waals surface area contributed by atoms with Crippen molar-refractivity contribution in [2.24, 2.45) is 5.92 Å². The number of hydrogen-bond donors (Lipinski definition) is 2. The molecule has 116 valence electrons. The highest BCUT2D eigenvalue weighted by Crippen LogP contribution is 2.23. The van der Waals surface area contributed by atoms with Crippen molar-refractivity contribution in [2.45, 2.75) is 32.7 Å². The summed E-state index contributed by atoms with van der Waals surface area (Å²) in [6, 6.07) is 3.85. The first-order valence-corrected chi connectivity index (χ1v) is 6.57. The molecule has 0 aliphatic heterocycles. The van der Waals surface area contributed by atoms with Crippen LogP contribution in [0.1, 0.15) is 37.6 Å². The van der Waals surface area contributed by atoms with E-state index in [0.29, 0.717) is 0 Å². The predicted molar refractivity (Wildman–Crippen MR) is 75.9 cm³/mol. The quantitative estimate of drug-likeness (QED) is 0.845. The second-order valence-electron chi connectivity index (χ2n) is 5.45. The molecule has 1 atom stereocenters. The second kappa shape index (κ2) is 6.56. The van der Waals surface area contributed by atoms with Gasteiger partial charge < -0.3 is 15.2 Å². The summed E-state index contributed by atoms with van der Waals surface area (Å²) in [7, 11) is 1.33. The van der Waals surface area contributed by atoms with E-state index >= 15 is 0 Å². The SMILES string of the molecule is COc1ccc(C(=O)NC(C)(CC(=O)O)C(C)C)cc1F. The molecule has 2 N–H and O–H groups in total. The highest BCUT2D eigenvalue weighted by molar-refractivity contribution is 5.95. The van der Waals surface area contributed by atoms with Gasteiger partial charge in [-0.1, -0.05) is 13.8 Å². The summed E-state index contributed by atoms with van der Waals surface area (Å²) in [5.41, 5.74) is -0.801. The highest BCUT2D eigenvalue weighted by atomic mass is 19.1. The van der Waals surface area contributed by atoms with E-state index in [1.807, 2.05) is 13.8 Å². The fourth-order valence-electron chi connectivity index (χ4n) is 1.85. The van der Waals surface area contributed by atoms with Crippen molar-refractivity contribution in [3.05, 3.63) is 29.6 Å². The maximum atomic E-state index is 13.6. The van der Waals surface area contributed by atoms with E-state index in [0.717, 1.165) is 6.07 Å². The Balaban J connectivity index is 2.97. The first-order valence-electron chi connectivity index (χ1n) is 6.57. The third kappa shape index (κ3) is 4.18. The number of aliphatic carboxylic acids is 1. The lowest BCUT2D eigenvalue weighted by atomic mass is 9.85. The van der Waals surface area contributed by atoms with Gasteiger partial charge in [0, 0.05) is 5.56 Å². The van der Waals surface area contributed by atoms with E-state index in [1.54, 1.807) is 6.92 Å². The molecule has 1 amide bonds. The number of ether oxygens (including phenoxy) is 1. The molecular weight excluding hydrogens is 277 g/mol. The van der Waals surface area contributed by atoms with Crippen LogP contribution in [0, 0.1) is 11.7 Å². The zero-order valence-corrected chi connectivity index (χ0v) is 12.6. The van der Waals surface area contributed by atoms with Crippen LogP contribution in [0.4, 0.5) is 4.39 Å². The third-order valence-electron chi connectivity index (χ3n) is 3.61. The van der Waals surface area contributed by atoms with Crippen LogP contribution in [0.2, 0.25) is 0 Å². The van der Waals surface area contributed by atoms with E-state index < -0.39 is 23.2 Å². The van der Waals surface area contributed by atoms with Crippen LogP contribution < -0.4 is 10.1 Å². The number of carbonyl (C=O) groups is 2. The largest absolute Gasteiger partial charge is 0.494 e. The molecule has 0 aliphatic rings. The van der Waals surface area contributed by atoms with Crippen molar-refractivity contribution in [2.75, 3.05) is 7.11 Å². The van der Waals surface area contributed by atoms with Crippen LogP contribution in [0.25, 0.3) is 0 Å². The molecule has 1 aromatic rings. The summed E-state index contributed by atoms with van der Waals surface area (Å²) < 4.78 is 18.4. The molecule has 1 rings (SSSR count). The van der Waals surface area contributed by atoms with Crippen molar-refractivity contribution < 1.29 is 23.8 Å². The Morgan fingerprint density at radius 1 is 1.43 bits per heavy atom. The Hall–Kier alpha value is -2.11. The standard InChI is InChI=1S/C15H20FNO4/c1-9(2)15(3,8-13(18)19)17-14(20)10-5-6-12(21-4)11(16)7-10/h5-7,9H,8H2,1-4H3,(H,17,20)(H,18,19). The molecule has 1 aromatic carbocycles. The molecule has 6 heteroatoms. The molecule has 0 aliphatic carbocycles. The van der Waals surface area contributed by atoms with Crippen molar-refractivity contribution in [1.29, 1.82) is 0 Å². The van der Waals surface area contributed by atoms with Gasteiger partial charge in [0.05, 0.1) is 19.1 Å². The number of carboxylic acids is 1. The third-order valence-corrected chi connectivity index (χ3v) is 3.61. The van der Waals surface area contributed by atoms with Gasteiger partial charge in [-0.2, -0.15) is 0 Å². The van der Waals surface area contributed by atoms with Gasteiger partial charge in [-0.3, -0.25) is 9.59 Å². The van der Waals surface area contributed by atoms with Gasteiger partial charge in [-0.15, -0.1) is 0 Å². The van der Waals surface area contributed by atoms with E-state index in [-0.39, 0.29) is 23.7 Å². The molecule has 5 nitrogen and oxygen atoms in total. The van der Waals surface area contributed by atoms with Gasteiger partial charge in [0.15, 0.2) is 11.6 Å². The number of halogens is 1. The lowest BCUT2D eigenvalue weighted by molar-refractivity contribution is -0.138. The molecule has 0 radical (unpaired) electrons. The average Bonchev–Trinajstić information content (AvgIpc) is 2.37. The Morgan fingerprint density at radius 3 is 2.48 bits per heavy atom. The first kappa shape index (κ1) is 16.9. The number of nitrogens with one attached hydrogen (secondary N) is 1. The first-order chi connectivity index (χ1) is 9.69. The molecule has 0 saturated carbocycles. The van der Waals surface area contributed by atoms with E-state index in [4.69, 9.17) is 9.84 Å². The molecule has 0 fully saturated rings. The summed E-state index contributed by atoms with van der Waals surface area (Å²) in [5.74, 6) is -2.22. The Kier molecular flexibility index (Phi) is 5.29. The minimum absolute atomic E-state index is 0.0451. The lowest BCUT2D eigenvalue weighted by Crippen LogP contribution is -2.51. The molecule has 0 saturated heterocycles. The van der Waals surface area contributed by atoms with Crippen LogP contribution in [0.15, 0.2) is 18.2 Å². The lowest BCUT2D eigenvalue weighted by Gasteiger charge is -2.33. The van der Waals surface area contributed by atoms with E-state index in [9.17, 15) is 14.0 Å². The minimum atomic E-state index is -1.01. The molecule has 0 spiro atoms. The molecule has 0 aromatic heterocycles. The summed E-state index contributed by atoms with van der Waals surface area (Å²) in [6.07, 6.45) is -0.213. The minimum Gasteiger partial charge on any atom is -0.494 e. The Bertz CT molecular complexity index is 544. The average molecular weight is 297 g/mol. The van der Waals surface area contributed by atoms with Gasteiger partial charge in [-0.05, 0) is 31.0 Å². The fourth-order valence-corrected chi connectivity index (χ4v) is 1.85. The smallest absolute Gasteiger partial charge is 0.305 e. The van der Waals surface area contributed by atoms with Gasteiger partial charge in [-0.25, -0.2) is 4.39 Å². The fraction of sp³-hybridized carbons (Fsp3) is 0.467. The summed E-state index contributed by atoms with van der Waals surface area (Å²) in [4.78, 5) is 23.1. The predicted octanol–water partition coefficient (Wildman–Crippen LogP) is 2.45. The van der Waals surface area contributed by atoms with Crippen LogP contribution in [-0.4, -0.2) is 29.6 Å². The number of hydrogen-bond acceptors (Lipinski definition) is 3. The molecular formula is C15H20FNO4. The zero-order valence-electron chi connectivity index (χ0n) is 12.6. The molecule has 1 unspecified atom stereocenters. The Morgan fingerprint density at radius 2 is 2.05 bits per heavy atom. The number of carbonyl (C=O) groups excluding carboxylic acids is 1. The van der Waals surface area contributed by atoms with Crippen LogP contribution in [0.5, 0.6) is 5.75 Å². The maximum absolute atomic E-state index is 13.6. The second-order valence-corrected chi connectivity index (χ2v) is 5.45. The summed E-state index contributed by atoms with van der Waals surface area (Å²) in [5, 5.41) is 11.6. The number of methoxy groups -OCH3 is 1. The highest BCUT2D eigenvalue weighted by Gasteiger charge is 2.33. The Labute approximate surface area is 123 Å². The summed E-state index contributed by atoms with van der Waals surface area (Å²) >= 11 is 0. The number of benzene rings is 1. The van der Waals surface area contributed by atoms with Gasteiger partial charge in [0.1, 0.15) is 0 Å². The van der Waals surface area contributed by atoms with Crippen LogP contribution in [0.3, 0.4) is 0 Å². The van der Waals surface area contributed by atoms with E-state index in [2.05, 4.69) is 5.32 Å². The zero-order chi connectivity index (χ0) is 16.2. The van der Waals surface area contributed by atoms with Crippen molar-refractivity contribution in [1.82, 2.24) is 5.32 Å². The monoisotopic (exact) mass is 297 g/mol. The van der Waals surface area contributed by atoms with Crippen molar-refractivity contribution >= 4 is 11.9 Å². The van der Waals surface area contributed by atoms with Crippen molar-refractivity contribution in [3.63, 3.8) is 0 Å². The van der Waals surface area contributed by atoms with Gasteiger partial charge >= 0.3 is 5.97 Å².